The minimum Gasteiger partial charge on any atom is -0.462 e. The first-order valence-electron chi connectivity index (χ1n) is 7.31. The second-order valence-electron chi connectivity index (χ2n) is 5.86. The second-order valence-corrected chi connectivity index (χ2v) is 5.86. The molecule has 2 fully saturated rings. The number of amides is 1. The van der Waals surface area contributed by atoms with Gasteiger partial charge in [-0.2, -0.15) is 0 Å². The van der Waals surface area contributed by atoms with Crippen LogP contribution in [0.15, 0.2) is 6.20 Å². The lowest BCUT2D eigenvalue weighted by molar-refractivity contribution is -0.128. The molecular weight excluding hydrogens is 270 g/mol. The maximum atomic E-state index is 12.0. The summed E-state index contributed by atoms with van der Waals surface area (Å²) in [5.74, 6) is 0.512. The van der Waals surface area contributed by atoms with Crippen LogP contribution in [-0.4, -0.2) is 45.9 Å². The van der Waals surface area contributed by atoms with E-state index in [-0.39, 0.29) is 18.4 Å². The fraction of sp³-hybridized carbons (Fsp3) is 0.600. The molecule has 21 heavy (non-hydrogen) atoms. The van der Waals surface area contributed by atoms with E-state index in [0.717, 1.165) is 12.8 Å². The van der Waals surface area contributed by atoms with Crippen molar-refractivity contribution in [2.45, 2.75) is 39.2 Å². The van der Waals surface area contributed by atoms with Crippen molar-refractivity contribution in [1.82, 2.24) is 14.9 Å². The highest BCUT2D eigenvalue weighted by Gasteiger charge is 2.39. The Morgan fingerprint density at radius 3 is 2.86 bits per heavy atom. The number of carbonyl (C=O) groups is 2. The van der Waals surface area contributed by atoms with Crippen LogP contribution in [0.3, 0.4) is 0 Å². The molecule has 112 valence electrons. The van der Waals surface area contributed by atoms with Crippen molar-refractivity contribution in [2.24, 2.45) is 5.92 Å². The van der Waals surface area contributed by atoms with Gasteiger partial charge >= 0.3 is 5.97 Å². The van der Waals surface area contributed by atoms with Gasteiger partial charge in [-0.3, -0.25) is 4.79 Å². The van der Waals surface area contributed by atoms with E-state index in [2.05, 4.69) is 9.97 Å². The van der Waals surface area contributed by atoms with E-state index < -0.39 is 5.97 Å². The molecule has 1 aromatic rings. The van der Waals surface area contributed by atoms with Crippen LogP contribution in [0.25, 0.3) is 0 Å². The Labute approximate surface area is 123 Å². The van der Waals surface area contributed by atoms with Crippen molar-refractivity contribution in [3.05, 3.63) is 23.3 Å². The number of carbonyl (C=O) groups excluding carboxylic acids is 2. The number of aryl methyl sites for hydroxylation is 2. The molecule has 0 spiro atoms. The zero-order chi connectivity index (χ0) is 15.0. The number of aromatic nitrogens is 2. The predicted octanol–water partition coefficient (Wildman–Crippen LogP) is 1.26. The summed E-state index contributed by atoms with van der Waals surface area (Å²) >= 11 is 0. The fourth-order valence-electron chi connectivity index (χ4n) is 2.71. The minimum absolute atomic E-state index is 0.105. The summed E-state index contributed by atoms with van der Waals surface area (Å²) in [6.45, 7) is 4.53. The van der Waals surface area contributed by atoms with E-state index in [1.807, 2.05) is 4.90 Å². The highest BCUT2D eigenvalue weighted by Crippen LogP contribution is 2.32. The molecule has 3 rings (SSSR count). The molecule has 2 aliphatic rings. The SMILES string of the molecule is Cc1ncc(C(=O)OC[C@@H]2CC(=O)N(C3CC3)C2)c(C)n1. The number of likely N-dealkylation sites (tertiary alicyclic amines) is 1. The van der Waals surface area contributed by atoms with Crippen LogP contribution in [0.5, 0.6) is 0 Å². The Hall–Kier alpha value is -1.98. The zero-order valence-electron chi connectivity index (χ0n) is 12.3. The molecule has 1 amide bonds. The molecule has 1 aliphatic heterocycles. The number of hydrogen-bond donors (Lipinski definition) is 0. The van der Waals surface area contributed by atoms with E-state index in [1.165, 1.54) is 6.20 Å². The lowest BCUT2D eigenvalue weighted by Gasteiger charge is -2.15. The zero-order valence-corrected chi connectivity index (χ0v) is 12.3. The fourth-order valence-corrected chi connectivity index (χ4v) is 2.71. The van der Waals surface area contributed by atoms with Crippen molar-refractivity contribution >= 4 is 11.9 Å². The summed E-state index contributed by atoms with van der Waals surface area (Å²) in [5.41, 5.74) is 1.01. The van der Waals surface area contributed by atoms with Crippen molar-refractivity contribution in [1.29, 1.82) is 0 Å². The number of esters is 1. The van der Waals surface area contributed by atoms with Gasteiger partial charge < -0.3 is 9.64 Å². The number of rotatable bonds is 4. The van der Waals surface area contributed by atoms with Crippen LogP contribution in [0.2, 0.25) is 0 Å². The first-order valence-corrected chi connectivity index (χ1v) is 7.31. The first kappa shape index (κ1) is 14.0. The largest absolute Gasteiger partial charge is 0.462 e. The highest BCUT2D eigenvalue weighted by atomic mass is 16.5. The number of ether oxygens (including phenoxy) is 1. The molecule has 6 heteroatoms. The van der Waals surface area contributed by atoms with Gasteiger partial charge in [0.2, 0.25) is 5.91 Å². The summed E-state index contributed by atoms with van der Waals surface area (Å²) in [6.07, 6.45) is 4.19. The summed E-state index contributed by atoms with van der Waals surface area (Å²) in [7, 11) is 0. The molecular formula is C15H19N3O3. The molecule has 0 bridgehead atoms. The molecule has 0 aromatic carbocycles. The third kappa shape index (κ3) is 3.04. The molecule has 0 radical (unpaired) electrons. The van der Waals surface area contributed by atoms with Crippen LogP contribution in [0.4, 0.5) is 0 Å². The van der Waals surface area contributed by atoms with Crippen LogP contribution >= 0.6 is 0 Å². The molecule has 2 heterocycles. The van der Waals surface area contributed by atoms with Crippen LogP contribution in [0, 0.1) is 19.8 Å². The van der Waals surface area contributed by atoms with Gasteiger partial charge in [-0.1, -0.05) is 0 Å². The van der Waals surface area contributed by atoms with Gasteiger partial charge in [-0.05, 0) is 26.7 Å². The van der Waals surface area contributed by atoms with E-state index in [4.69, 9.17) is 4.74 Å². The summed E-state index contributed by atoms with van der Waals surface area (Å²) in [5, 5.41) is 0. The standard InChI is InChI=1S/C15H19N3O3/c1-9-13(6-16-10(2)17-9)15(20)21-8-11-5-14(19)18(7-11)12-3-4-12/h6,11-12H,3-5,7-8H2,1-2H3/t11-/m1/s1. The molecule has 1 saturated carbocycles. The van der Waals surface area contributed by atoms with Crippen molar-refractivity contribution in [3.8, 4) is 0 Å². The van der Waals surface area contributed by atoms with E-state index in [1.54, 1.807) is 13.8 Å². The van der Waals surface area contributed by atoms with Crippen molar-refractivity contribution < 1.29 is 14.3 Å². The third-order valence-corrected chi connectivity index (χ3v) is 4.00. The first-order chi connectivity index (χ1) is 10.0. The van der Waals surface area contributed by atoms with E-state index in [0.29, 0.717) is 36.1 Å². The van der Waals surface area contributed by atoms with Gasteiger partial charge in [0, 0.05) is 31.1 Å². The smallest absolute Gasteiger partial charge is 0.341 e. The molecule has 1 atom stereocenters. The lowest BCUT2D eigenvalue weighted by Crippen LogP contribution is -2.28. The summed E-state index contributed by atoms with van der Waals surface area (Å²) < 4.78 is 5.33. The molecule has 6 nitrogen and oxygen atoms in total. The molecule has 0 unspecified atom stereocenters. The normalized spacial score (nSPS) is 21.7. The van der Waals surface area contributed by atoms with Gasteiger partial charge in [0.05, 0.1) is 17.9 Å². The summed E-state index contributed by atoms with van der Waals surface area (Å²) in [4.78, 5) is 34.0. The number of hydrogen-bond acceptors (Lipinski definition) is 5. The Morgan fingerprint density at radius 1 is 1.43 bits per heavy atom. The average Bonchev–Trinajstić information content (AvgIpc) is 3.20. The Balaban J connectivity index is 1.55. The molecule has 1 saturated heterocycles. The van der Waals surface area contributed by atoms with Gasteiger partial charge in [-0.15, -0.1) is 0 Å². The predicted molar refractivity (Wildman–Crippen MR) is 74.6 cm³/mol. The topological polar surface area (TPSA) is 72.4 Å². The van der Waals surface area contributed by atoms with E-state index in [9.17, 15) is 9.59 Å². The maximum absolute atomic E-state index is 12.0. The quantitative estimate of drug-likeness (QED) is 0.780. The van der Waals surface area contributed by atoms with E-state index >= 15 is 0 Å². The average molecular weight is 289 g/mol. The molecule has 1 aliphatic carbocycles. The van der Waals surface area contributed by atoms with Gasteiger partial charge in [0.25, 0.3) is 0 Å². The molecule has 0 N–H and O–H groups in total. The third-order valence-electron chi connectivity index (χ3n) is 4.00. The maximum Gasteiger partial charge on any atom is 0.341 e. The summed E-state index contributed by atoms with van der Waals surface area (Å²) in [6, 6.07) is 0.436. The Morgan fingerprint density at radius 2 is 2.19 bits per heavy atom. The highest BCUT2D eigenvalue weighted by molar-refractivity contribution is 5.90. The minimum atomic E-state index is -0.412. The monoisotopic (exact) mass is 289 g/mol. The van der Waals surface area contributed by atoms with Crippen LogP contribution in [0.1, 0.15) is 41.1 Å². The Bertz CT molecular complexity index is 584. The van der Waals surface area contributed by atoms with Gasteiger partial charge in [0.15, 0.2) is 0 Å². The Kier molecular flexibility index (Phi) is 3.61. The van der Waals surface area contributed by atoms with Crippen LogP contribution in [-0.2, 0) is 9.53 Å². The van der Waals surface area contributed by atoms with Crippen molar-refractivity contribution in [3.63, 3.8) is 0 Å². The van der Waals surface area contributed by atoms with Gasteiger partial charge in [0.1, 0.15) is 5.82 Å². The second kappa shape index (κ2) is 5.42. The van der Waals surface area contributed by atoms with Gasteiger partial charge in [-0.25, -0.2) is 14.8 Å². The number of nitrogens with zero attached hydrogens (tertiary/aromatic N) is 3. The van der Waals surface area contributed by atoms with Crippen LogP contribution < -0.4 is 0 Å². The molecule has 1 aromatic heterocycles. The van der Waals surface area contributed by atoms with Crippen molar-refractivity contribution in [2.75, 3.05) is 13.2 Å². The lowest BCUT2D eigenvalue weighted by atomic mass is 10.1.